The Balaban J connectivity index is 2.56. The predicted octanol–water partition coefficient (Wildman–Crippen LogP) is 1.63. The van der Waals surface area contributed by atoms with E-state index in [2.05, 4.69) is 35.5 Å². The van der Waals surface area contributed by atoms with Crippen LogP contribution >= 0.6 is 0 Å². The zero-order valence-electron chi connectivity index (χ0n) is 12.2. The minimum Gasteiger partial charge on any atom is -0.393 e. The van der Waals surface area contributed by atoms with Crippen molar-refractivity contribution in [1.82, 2.24) is 5.32 Å². The Morgan fingerprint density at radius 1 is 1.37 bits per heavy atom. The summed E-state index contributed by atoms with van der Waals surface area (Å²) in [5.74, 6) is 0. The van der Waals surface area contributed by atoms with E-state index in [1.807, 2.05) is 13.0 Å². The molecule has 4 heteroatoms. The first-order valence-electron chi connectivity index (χ1n) is 6.82. The summed E-state index contributed by atoms with van der Waals surface area (Å²) in [4.78, 5) is 2.19. The first-order chi connectivity index (χ1) is 9.15. The van der Waals surface area contributed by atoms with E-state index >= 15 is 0 Å². The molecular weight excluding hydrogens is 240 g/mol. The number of nitrogens with zero attached hydrogens (tertiary/aromatic N) is 1. The molecule has 19 heavy (non-hydrogen) atoms. The molecule has 1 atom stereocenters. The van der Waals surface area contributed by atoms with Crippen molar-refractivity contribution in [3.8, 4) is 0 Å². The standard InChI is InChI=1S/C15H26N2O2/c1-13(18)8-10-17(2)15-7-5-4-6-14(15)12-16-9-11-19-3/h4-7,13,16,18H,8-12H2,1-3H3. The van der Waals surface area contributed by atoms with Crippen LogP contribution in [0.2, 0.25) is 0 Å². The van der Waals surface area contributed by atoms with Crippen molar-refractivity contribution < 1.29 is 9.84 Å². The Hall–Kier alpha value is -1.10. The Morgan fingerprint density at radius 3 is 2.79 bits per heavy atom. The largest absolute Gasteiger partial charge is 0.393 e. The Labute approximate surface area is 116 Å². The lowest BCUT2D eigenvalue weighted by molar-refractivity contribution is 0.187. The van der Waals surface area contributed by atoms with Gasteiger partial charge in [-0.25, -0.2) is 0 Å². The molecule has 1 rings (SSSR count). The van der Waals surface area contributed by atoms with Gasteiger partial charge in [-0.2, -0.15) is 0 Å². The molecule has 0 aliphatic heterocycles. The minimum absolute atomic E-state index is 0.255. The summed E-state index contributed by atoms with van der Waals surface area (Å²) in [6, 6.07) is 8.36. The fourth-order valence-corrected chi connectivity index (χ4v) is 1.93. The number of hydrogen-bond acceptors (Lipinski definition) is 4. The van der Waals surface area contributed by atoms with Gasteiger partial charge in [0.15, 0.2) is 0 Å². The number of anilines is 1. The Kier molecular flexibility index (Phi) is 7.48. The SMILES string of the molecule is COCCNCc1ccccc1N(C)CCC(C)O. The van der Waals surface area contributed by atoms with Crippen molar-refractivity contribution in [2.75, 3.05) is 38.8 Å². The average Bonchev–Trinajstić information content (AvgIpc) is 2.41. The number of nitrogens with one attached hydrogen (secondary N) is 1. The van der Waals surface area contributed by atoms with Crippen LogP contribution in [0.25, 0.3) is 0 Å². The van der Waals surface area contributed by atoms with Crippen LogP contribution in [-0.2, 0) is 11.3 Å². The molecule has 2 N–H and O–H groups in total. The van der Waals surface area contributed by atoms with Crippen LogP contribution in [0.4, 0.5) is 5.69 Å². The number of aliphatic hydroxyl groups excluding tert-OH is 1. The molecule has 108 valence electrons. The van der Waals surface area contributed by atoms with E-state index in [1.54, 1.807) is 7.11 Å². The molecule has 0 radical (unpaired) electrons. The molecule has 0 fully saturated rings. The molecule has 0 amide bonds. The number of ether oxygens (including phenoxy) is 1. The van der Waals surface area contributed by atoms with Crippen molar-refractivity contribution in [2.45, 2.75) is 26.0 Å². The van der Waals surface area contributed by atoms with E-state index in [-0.39, 0.29) is 6.10 Å². The van der Waals surface area contributed by atoms with E-state index in [9.17, 15) is 5.11 Å². The van der Waals surface area contributed by atoms with Crippen LogP contribution in [0.5, 0.6) is 0 Å². The molecule has 1 unspecified atom stereocenters. The zero-order valence-corrected chi connectivity index (χ0v) is 12.2. The number of rotatable bonds is 9. The van der Waals surface area contributed by atoms with Gasteiger partial charge >= 0.3 is 0 Å². The summed E-state index contributed by atoms with van der Waals surface area (Å²) >= 11 is 0. The molecule has 0 saturated heterocycles. The van der Waals surface area contributed by atoms with E-state index in [4.69, 9.17) is 4.74 Å². The Bertz CT molecular complexity index is 356. The van der Waals surface area contributed by atoms with E-state index in [1.165, 1.54) is 11.3 Å². The predicted molar refractivity (Wildman–Crippen MR) is 79.6 cm³/mol. The maximum atomic E-state index is 9.37. The molecule has 0 saturated carbocycles. The van der Waals surface area contributed by atoms with Crippen LogP contribution in [0.3, 0.4) is 0 Å². The average molecular weight is 266 g/mol. The van der Waals surface area contributed by atoms with Crippen LogP contribution in [0.15, 0.2) is 24.3 Å². The van der Waals surface area contributed by atoms with Gasteiger partial charge in [-0.3, -0.25) is 0 Å². The smallest absolute Gasteiger partial charge is 0.0587 e. The summed E-state index contributed by atoms with van der Waals surface area (Å²) in [7, 11) is 3.77. The number of hydrogen-bond donors (Lipinski definition) is 2. The summed E-state index contributed by atoms with van der Waals surface area (Å²) in [6.07, 6.45) is 0.525. The molecule has 0 bridgehead atoms. The van der Waals surface area contributed by atoms with Gasteiger partial charge < -0.3 is 20.1 Å². The van der Waals surface area contributed by atoms with E-state index in [0.717, 1.165) is 32.7 Å². The molecule has 0 aliphatic carbocycles. The third-order valence-corrected chi connectivity index (χ3v) is 3.08. The topological polar surface area (TPSA) is 44.7 Å². The van der Waals surface area contributed by atoms with Crippen molar-refractivity contribution in [3.05, 3.63) is 29.8 Å². The van der Waals surface area contributed by atoms with Crippen molar-refractivity contribution >= 4 is 5.69 Å². The molecular formula is C15H26N2O2. The minimum atomic E-state index is -0.255. The lowest BCUT2D eigenvalue weighted by atomic mass is 10.1. The Morgan fingerprint density at radius 2 is 2.11 bits per heavy atom. The lowest BCUT2D eigenvalue weighted by Gasteiger charge is -2.23. The quantitative estimate of drug-likeness (QED) is 0.667. The zero-order chi connectivity index (χ0) is 14.1. The van der Waals surface area contributed by atoms with Gasteiger partial charge in [0, 0.05) is 39.5 Å². The number of para-hydroxylation sites is 1. The third kappa shape index (κ3) is 6.05. The first-order valence-corrected chi connectivity index (χ1v) is 6.82. The van der Waals surface area contributed by atoms with Crippen LogP contribution in [0, 0.1) is 0 Å². The molecule has 0 aromatic heterocycles. The molecule has 1 aromatic carbocycles. The van der Waals surface area contributed by atoms with E-state index < -0.39 is 0 Å². The van der Waals surface area contributed by atoms with Crippen LogP contribution in [0.1, 0.15) is 18.9 Å². The second-order valence-electron chi connectivity index (χ2n) is 4.86. The second kappa shape index (κ2) is 8.91. The van der Waals surface area contributed by atoms with Crippen LogP contribution < -0.4 is 10.2 Å². The summed E-state index contributed by atoms with van der Waals surface area (Å²) in [6.45, 7) is 5.08. The van der Waals surface area contributed by atoms with Gasteiger partial charge in [0.05, 0.1) is 12.7 Å². The molecule has 0 spiro atoms. The van der Waals surface area contributed by atoms with Gasteiger partial charge in [-0.05, 0) is 25.0 Å². The molecule has 1 aromatic rings. The number of aliphatic hydroxyl groups is 1. The van der Waals surface area contributed by atoms with Gasteiger partial charge in [0.25, 0.3) is 0 Å². The highest BCUT2D eigenvalue weighted by Gasteiger charge is 2.07. The van der Waals surface area contributed by atoms with Crippen molar-refractivity contribution in [2.24, 2.45) is 0 Å². The first kappa shape index (κ1) is 16.0. The van der Waals surface area contributed by atoms with Crippen LogP contribution in [-0.4, -0.2) is 45.1 Å². The number of benzene rings is 1. The lowest BCUT2D eigenvalue weighted by Crippen LogP contribution is -2.25. The fourth-order valence-electron chi connectivity index (χ4n) is 1.93. The van der Waals surface area contributed by atoms with Gasteiger partial charge in [0.2, 0.25) is 0 Å². The highest BCUT2D eigenvalue weighted by Crippen LogP contribution is 2.19. The van der Waals surface area contributed by atoms with Gasteiger partial charge in [-0.15, -0.1) is 0 Å². The summed E-state index contributed by atoms with van der Waals surface area (Å²) < 4.78 is 5.02. The monoisotopic (exact) mass is 266 g/mol. The van der Waals surface area contributed by atoms with Gasteiger partial charge in [0.1, 0.15) is 0 Å². The number of methoxy groups -OCH3 is 1. The second-order valence-corrected chi connectivity index (χ2v) is 4.86. The highest BCUT2D eigenvalue weighted by atomic mass is 16.5. The van der Waals surface area contributed by atoms with Crippen molar-refractivity contribution in [3.63, 3.8) is 0 Å². The maximum absolute atomic E-state index is 9.37. The molecule has 4 nitrogen and oxygen atoms in total. The summed E-state index contributed by atoms with van der Waals surface area (Å²) in [5, 5.41) is 12.7. The van der Waals surface area contributed by atoms with Gasteiger partial charge in [-0.1, -0.05) is 18.2 Å². The van der Waals surface area contributed by atoms with E-state index in [0.29, 0.717) is 0 Å². The maximum Gasteiger partial charge on any atom is 0.0587 e. The molecule has 0 aliphatic rings. The fraction of sp³-hybridized carbons (Fsp3) is 0.600. The third-order valence-electron chi connectivity index (χ3n) is 3.08. The summed E-state index contributed by atoms with van der Waals surface area (Å²) in [5.41, 5.74) is 2.49. The highest BCUT2D eigenvalue weighted by molar-refractivity contribution is 5.52. The molecule has 0 heterocycles. The normalized spacial score (nSPS) is 12.4. The van der Waals surface area contributed by atoms with Crippen molar-refractivity contribution in [1.29, 1.82) is 0 Å².